The van der Waals surface area contributed by atoms with Crippen molar-refractivity contribution >= 4 is 23.2 Å². The fraction of sp³-hybridized carbons (Fsp3) is 0.333. The molecule has 1 aliphatic heterocycles. The number of H-pyrrole nitrogens is 1. The van der Waals surface area contributed by atoms with Gasteiger partial charge in [-0.1, -0.05) is 0 Å². The van der Waals surface area contributed by atoms with Gasteiger partial charge in [0.05, 0.1) is 11.3 Å². The number of hydrogen-bond donors (Lipinski definition) is 2. The van der Waals surface area contributed by atoms with E-state index in [0.29, 0.717) is 29.8 Å². The first-order chi connectivity index (χ1) is 13.8. The Morgan fingerprint density at radius 1 is 1.21 bits per heavy atom. The molecule has 0 unspecified atom stereocenters. The Hall–Kier alpha value is -3.42. The van der Waals surface area contributed by atoms with Crippen LogP contribution >= 0.6 is 0 Å². The van der Waals surface area contributed by atoms with E-state index in [-0.39, 0.29) is 17.4 Å². The highest BCUT2D eigenvalue weighted by atomic mass is 16.2. The predicted octanol–water partition coefficient (Wildman–Crippen LogP) is 1.77. The minimum Gasteiger partial charge on any atom is -0.350 e. The fourth-order valence-corrected chi connectivity index (χ4v) is 3.03. The standard InChI is InChI=1S/C21H25N5O3/c1-14-12-17(13-23-19(14)27)20(28)22-9-11-25(3)21(29)16-4-6-18(7-5-16)26-10-8-15(2)24-26/h4-7,12-13H,8-11H2,1-3H3,(H,22,28)(H,23,27). The Kier molecular flexibility index (Phi) is 6.11. The van der Waals surface area contributed by atoms with Crippen molar-refractivity contribution in [3.8, 4) is 0 Å². The molecule has 0 spiro atoms. The van der Waals surface area contributed by atoms with Crippen LogP contribution in [0.4, 0.5) is 5.69 Å². The second-order valence-electron chi connectivity index (χ2n) is 7.14. The Morgan fingerprint density at radius 3 is 2.55 bits per heavy atom. The highest BCUT2D eigenvalue weighted by Crippen LogP contribution is 2.20. The first kappa shape index (κ1) is 20.3. The molecule has 8 heteroatoms. The summed E-state index contributed by atoms with van der Waals surface area (Å²) in [7, 11) is 1.70. The second-order valence-corrected chi connectivity index (χ2v) is 7.14. The third kappa shape index (κ3) is 4.90. The van der Waals surface area contributed by atoms with Crippen LogP contribution in [-0.4, -0.2) is 54.1 Å². The van der Waals surface area contributed by atoms with Crippen molar-refractivity contribution in [3.05, 3.63) is 63.6 Å². The number of aromatic nitrogens is 1. The molecule has 0 bridgehead atoms. The Morgan fingerprint density at radius 2 is 1.93 bits per heavy atom. The van der Waals surface area contributed by atoms with Crippen LogP contribution in [0, 0.1) is 6.92 Å². The van der Waals surface area contributed by atoms with Crippen LogP contribution in [0.2, 0.25) is 0 Å². The molecule has 152 valence electrons. The summed E-state index contributed by atoms with van der Waals surface area (Å²) in [6.07, 6.45) is 2.33. The number of carbonyl (C=O) groups is 2. The van der Waals surface area contributed by atoms with Crippen LogP contribution in [0.5, 0.6) is 0 Å². The average Bonchev–Trinajstić information content (AvgIpc) is 3.15. The van der Waals surface area contributed by atoms with E-state index < -0.39 is 0 Å². The van der Waals surface area contributed by atoms with Gasteiger partial charge in [-0.25, -0.2) is 0 Å². The molecule has 0 saturated carbocycles. The molecule has 29 heavy (non-hydrogen) atoms. The lowest BCUT2D eigenvalue weighted by Gasteiger charge is -2.18. The molecule has 2 amide bonds. The lowest BCUT2D eigenvalue weighted by molar-refractivity contribution is 0.0787. The average molecular weight is 395 g/mol. The molecule has 0 atom stereocenters. The largest absolute Gasteiger partial charge is 0.350 e. The Balaban J connectivity index is 1.51. The number of aryl methyl sites for hydroxylation is 1. The summed E-state index contributed by atoms with van der Waals surface area (Å²) >= 11 is 0. The molecule has 2 heterocycles. The number of hydrazone groups is 1. The number of carbonyl (C=O) groups excluding carboxylic acids is 2. The number of likely N-dealkylation sites (N-methyl/N-ethyl adjacent to an activating group) is 1. The summed E-state index contributed by atoms with van der Waals surface area (Å²) in [4.78, 5) is 40.2. The summed E-state index contributed by atoms with van der Waals surface area (Å²) in [6, 6.07) is 8.90. The Bertz CT molecular complexity index is 994. The maximum Gasteiger partial charge on any atom is 0.253 e. The molecular weight excluding hydrogens is 370 g/mol. The first-order valence-electron chi connectivity index (χ1n) is 9.50. The van der Waals surface area contributed by atoms with E-state index in [1.807, 2.05) is 24.1 Å². The van der Waals surface area contributed by atoms with E-state index in [0.717, 1.165) is 24.4 Å². The smallest absolute Gasteiger partial charge is 0.253 e. The topological polar surface area (TPSA) is 97.9 Å². The number of benzene rings is 1. The van der Waals surface area contributed by atoms with Crippen molar-refractivity contribution in [1.29, 1.82) is 0 Å². The van der Waals surface area contributed by atoms with Gasteiger partial charge in [0.2, 0.25) is 0 Å². The summed E-state index contributed by atoms with van der Waals surface area (Å²) < 4.78 is 0. The van der Waals surface area contributed by atoms with Gasteiger partial charge in [0.15, 0.2) is 0 Å². The Labute approximate surface area is 169 Å². The van der Waals surface area contributed by atoms with E-state index >= 15 is 0 Å². The third-order valence-electron chi connectivity index (χ3n) is 4.82. The van der Waals surface area contributed by atoms with Gasteiger partial charge < -0.3 is 15.2 Å². The number of aromatic amines is 1. The number of pyridine rings is 1. The minimum atomic E-state index is -0.295. The van der Waals surface area contributed by atoms with Crippen molar-refractivity contribution in [2.75, 3.05) is 31.7 Å². The van der Waals surface area contributed by atoms with Crippen molar-refractivity contribution < 1.29 is 9.59 Å². The zero-order valence-corrected chi connectivity index (χ0v) is 16.9. The van der Waals surface area contributed by atoms with Gasteiger partial charge in [-0.2, -0.15) is 5.10 Å². The van der Waals surface area contributed by atoms with Crippen molar-refractivity contribution in [2.45, 2.75) is 20.3 Å². The maximum atomic E-state index is 12.6. The van der Waals surface area contributed by atoms with E-state index in [1.165, 1.54) is 12.3 Å². The molecule has 2 N–H and O–H groups in total. The molecule has 1 aromatic carbocycles. The van der Waals surface area contributed by atoms with Gasteiger partial charge >= 0.3 is 0 Å². The van der Waals surface area contributed by atoms with Crippen molar-refractivity contribution in [2.24, 2.45) is 5.10 Å². The maximum absolute atomic E-state index is 12.6. The molecule has 3 rings (SSSR count). The van der Waals surface area contributed by atoms with Crippen LogP contribution in [0.25, 0.3) is 0 Å². The van der Waals surface area contributed by atoms with E-state index in [1.54, 1.807) is 31.0 Å². The highest BCUT2D eigenvalue weighted by molar-refractivity contribution is 5.95. The number of hydrogen-bond acceptors (Lipinski definition) is 5. The molecule has 0 fully saturated rings. The predicted molar refractivity (Wildman–Crippen MR) is 113 cm³/mol. The zero-order valence-electron chi connectivity index (χ0n) is 16.9. The van der Waals surface area contributed by atoms with Gasteiger partial charge in [0.25, 0.3) is 17.4 Å². The summed E-state index contributed by atoms with van der Waals surface area (Å²) in [5.41, 5.74) is 3.28. The number of rotatable bonds is 6. The highest BCUT2D eigenvalue weighted by Gasteiger charge is 2.15. The molecule has 2 aromatic rings. The van der Waals surface area contributed by atoms with Gasteiger partial charge in [0.1, 0.15) is 0 Å². The van der Waals surface area contributed by atoms with E-state index in [2.05, 4.69) is 15.4 Å². The first-order valence-corrected chi connectivity index (χ1v) is 9.50. The number of amides is 2. The molecule has 0 saturated heterocycles. The number of anilines is 1. The number of nitrogens with one attached hydrogen (secondary N) is 2. The normalized spacial score (nSPS) is 13.2. The molecule has 0 aliphatic carbocycles. The SMILES string of the molecule is CC1=NN(c2ccc(C(=O)N(C)CCNC(=O)c3c[nH]c(=O)c(C)c3)cc2)CC1. The van der Waals surface area contributed by atoms with E-state index in [4.69, 9.17) is 0 Å². The van der Waals surface area contributed by atoms with Crippen LogP contribution in [0.15, 0.2) is 46.4 Å². The quantitative estimate of drug-likeness (QED) is 0.779. The van der Waals surface area contributed by atoms with Crippen LogP contribution < -0.4 is 15.9 Å². The lowest BCUT2D eigenvalue weighted by atomic mass is 10.1. The summed E-state index contributed by atoms with van der Waals surface area (Å²) in [5, 5.41) is 9.14. The zero-order chi connectivity index (χ0) is 21.0. The van der Waals surface area contributed by atoms with Crippen LogP contribution in [0.3, 0.4) is 0 Å². The molecule has 1 aliphatic rings. The van der Waals surface area contributed by atoms with E-state index in [9.17, 15) is 14.4 Å². The van der Waals surface area contributed by atoms with Gasteiger partial charge in [-0.15, -0.1) is 0 Å². The lowest BCUT2D eigenvalue weighted by Crippen LogP contribution is -2.36. The second kappa shape index (κ2) is 8.72. The van der Waals surface area contributed by atoms with Gasteiger partial charge in [0, 0.05) is 56.1 Å². The molecule has 1 aromatic heterocycles. The third-order valence-corrected chi connectivity index (χ3v) is 4.82. The summed E-state index contributed by atoms with van der Waals surface area (Å²) in [5.74, 6) is -0.414. The number of nitrogens with zero attached hydrogens (tertiary/aromatic N) is 3. The van der Waals surface area contributed by atoms with Crippen LogP contribution in [0.1, 0.15) is 39.6 Å². The molecule has 0 radical (unpaired) electrons. The van der Waals surface area contributed by atoms with Gasteiger partial charge in [-0.05, 0) is 44.2 Å². The van der Waals surface area contributed by atoms with Crippen LogP contribution in [-0.2, 0) is 0 Å². The monoisotopic (exact) mass is 395 g/mol. The molecule has 8 nitrogen and oxygen atoms in total. The van der Waals surface area contributed by atoms with Crippen molar-refractivity contribution in [3.63, 3.8) is 0 Å². The van der Waals surface area contributed by atoms with Crippen molar-refractivity contribution in [1.82, 2.24) is 15.2 Å². The fourth-order valence-electron chi connectivity index (χ4n) is 3.03. The molecular formula is C21H25N5O3. The van der Waals surface area contributed by atoms with Gasteiger partial charge in [-0.3, -0.25) is 19.4 Å². The minimum absolute atomic E-state index is 0.119. The summed E-state index contributed by atoms with van der Waals surface area (Å²) in [6.45, 7) is 5.17.